The van der Waals surface area contributed by atoms with Gasteiger partial charge in [-0.05, 0) is 52.7 Å². The Labute approximate surface area is 206 Å². The molecule has 4 aromatic carbocycles. The molecule has 1 aliphatic rings. The maximum absolute atomic E-state index is 13.1. The third-order valence-electron chi connectivity index (χ3n) is 5.54. The first kappa shape index (κ1) is 22.7. The quantitative estimate of drug-likeness (QED) is 0.218. The van der Waals surface area contributed by atoms with Gasteiger partial charge in [-0.25, -0.2) is 5.43 Å². The van der Waals surface area contributed by atoms with Crippen molar-refractivity contribution < 1.29 is 24.2 Å². The molecule has 0 atom stereocenters. The molecule has 8 heteroatoms. The van der Waals surface area contributed by atoms with E-state index in [1.54, 1.807) is 60.7 Å². The first-order chi connectivity index (χ1) is 17.6. The van der Waals surface area contributed by atoms with Crippen molar-refractivity contribution in [2.75, 3.05) is 6.79 Å². The van der Waals surface area contributed by atoms with Gasteiger partial charge in [0.25, 0.3) is 11.8 Å². The molecule has 8 nitrogen and oxygen atoms in total. The van der Waals surface area contributed by atoms with Crippen molar-refractivity contribution in [1.82, 2.24) is 10.7 Å². The first-order valence-electron chi connectivity index (χ1n) is 11.1. The van der Waals surface area contributed by atoms with Crippen LogP contribution in [-0.4, -0.2) is 29.9 Å². The molecule has 0 saturated carbocycles. The number of phenolic OH excluding ortho intramolecular Hbond substituents is 1. The second-order valence-corrected chi connectivity index (χ2v) is 7.91. The van der Waals surface area contributed by atoms with Crippen molar-refractivity contribution >= 4 is 34.9 Å². The van der Waals surface area contributed by atoms with Crippen LogP contribution in [-0.2, 0) is 4.79 Å². The number of fused-ring (bicyclic) bond motifs is 2. The second kappa shape index (κ2) is 10.0. The Bertz CT molecular complexity index is 1510. The summed E-state index contributed by atoms with van der Waals surface area (Å²) in [6.07, 6.45) is 2.88. The van der Waals surface area contributed by atoms with E-state index < -0.39 is 11.8 Å². The fourth-order valence-corrected chi connectivity index (χ4v) is 3.75. The Morgan fingerprint density at radius 1 is 0.889 bits per heavy atom. The molecule has 1 aliphatic heterocycles. The standard InChI is InChI=1S/C28H21N3O5/c32-24-12-11-19-6-4-5-9-21(19)22(24)16-29-31-28(34)23(30-27(33)20-7-2-1-3-8-20)14-18-10-13-25-26(15-18)36-17-35-25/h1-16,32H,17H2,(H,30,33)(H,31,34)/b23-14+,29-16+. The van der Waals surface area contributed by atoms with Crippen LogP contribution in [0.2, 0.25) is 0 Å². The largest absolute Gasteiger partial charge is 0.507 e. The summed E-state index contributed by atoms with van der Waals surface area (Å²) in [7, 11) is 0. The summed E-state index contributed by atoms with van der Waals surface area (Å²) in [5.41, 5.74) is 3.88. The van der Waals surface area contributed by atoms with Gasteiger partial charge in [0.1, 0.15) is 11.4 Å². The fraction of sp³-hybridized carbons (Fsp3) is 0.0357. The number of aromatic hydroxyl groups is 1. The highest BCUT2D eigenvalue weighted by Gasteiger charge is 2.17. The lowest BCUT2D eigenvalue weighted by molar-refractivity contribution is -0.117. The molecule has 0 aliphatic carbocycles. The molecule has 4 aromatic rings. The number of carbonyl (C=O) groups excluding carboxylic acids is 2. The van der Waals surface area contributed by atoms with Gasteiger partial charge in [-0.15, -0.1) is 0 Å². The predicted octanol–water partition coefficient (Wildman–Crippen LogP) is 4.20. The van der Waals surface area contributed by atoms with Crippen LogP contribution in [0, 0.1) is 0 Å². The number of hydrazone groups is 1. The molecule has 0 unspecified atom stereocenters. The van der Waals surface area contributed by atoms with Gasteiger partial charge in [0.15, 0.2) is 11.5 Å². The molecular formula is C28H21N3O5. The third-order valence-corrected chi connectivity index (χ3v) is 5.54. The van der Waals surface area contributed by atoms with Crippen molar-refractivity contribution in [1.29, 1.82) is 0 Å². The van der Waals surface area contributed by atoms with Crippen molar-refractivity contribution in [2.24, 2.45) is 5.10 Å². The molecule has 0 aromatic heterocycles. The normalized spacial score (nSPS) is 12.6. The minimum atomic E-state index is -0.645. The Morgan fingerprint density at radius 3 is 2.53 bits per heavy atom. The number of phenols is 1. The van der Waals surface area contributed by atoms with Crippen LogP contribution in [0.25, 0.3) is 16.8 Å². The van der Waals surface area contributed by atoms with Crippen LogP contribution in [0.3, 0.4) is 0 Å². The van der Waals surface area contributed by atoms with Gasteiger partial charge in [0, 0.05) is 11.1 Å². The molecule has 0 fully saturated rings. The molecule has 3 N–H and O–H groups in total. The molecular weight excluding hydrogens is 458 g/mol. The Morgan fingerprint density at radius 2 is 1.67 bits per heavy atom. The minimum absolute atomic E-state index is 0.0259. The average molecular weight is 479 g/mol. The maximum atomic E-state index is 13.1. The molecule has 0 spiro atoms. The van der Waals surface area contributed by atoms with E-state index in [4.69, 9.17) is 9.47 Å². The summed E-state index contributed by atoms with van der Waals surface area (Å²) >= 11 is 0. The maximum Gasteiger partial charge on any atom is 0.287 e. The number of rotatable bonds is 6. The highest BCUT2D eigenvalue weighted by molar-refractivity contribution is 6.06. The van der Waals surface area contributed by atoms with Crippen molar-refractivity contribution in [3.63, 3.8) is 0 Å². The van der Waals surface area contributed by atoms with Crippen molar-refractivity contribution in [3.05, 3.63) is 107 Å². The number of benzene rings is 4. The highest BCUT2D eigenvalue weighted by atomic mass is 16.7. The van der Waals surface area contributed by atoms with Gasteiger partial charge in [0.2, 0.25) is 6.79 Å². The van der Waals surface area contributed by atoms with E-state index in [0.717, 1.165) is 10.8 Å². The topological polar surface area (TPSA) is 109 Å². The van der Waals surface area contributed by atoms with E-state index in [0.29, 0.717) is 28.2 Å². The first-order valence-corrected chi connectivity index (χ1v) is 11.1. The summed E-state index contributed by atoms with van der Waals surface area (Å²) in [6.45, 7) is 0.121. The lowest BCUT2D eigenvalue weighted by Gasteiger charge is -2.10. The number of amides is 2. The molecule has 0 radical (unpaired) electrons. The summed E-state index contributed by atoms with van der Waals surface area (Å²) in [5.74, 6) is 0.0786. The summed E-state index contributed by atoms with van der Waals surface area (Å²) in [4.78, 5) is 25.8. The Kier molecular flexibility index (Phi) is 6.31. The van der Waals surface area contributed by atoms with E-state index >= 15 is 0 Å². The van der Waals surface area contributed by atoms with Crippen LogP contribution < -0.4 is 20.2 Å². The molecule has 5 rings (SSSR count). The van der Waals surface area contributed by atoms with Crippen LogP contribution in [0.4, 0.5) is 0 Å². The SMILES string of the molecule is O=C(N/N=C/c1c(O)ccc2ccccc12)/C(=C\c1ccc2c(c1)OCO2)NC(=O)c1ccccc1. The second-order valence-electron chi connectivity index (χ2n) is 7.91. The molecule has 0 bridgehead atoms. The fourth-order valence-electron chi connectivity index (χ4n) is 3.75. The van der Waals surface area contributed by atoms with Gasteiger partial charge in [-0.2, -0.15) is 5.10 Å². The molecule has 0 saturated heterocycles. The summed E-state index contributed by atoms with van der Waals surface area (Å²) in [5, 5.41) is 18.7. The number of hydrogen-bond donors (Lipinski definition) is 3. The van der Waals surface area contributed by atoms with E-state index in [9.17, 15) is 14.7 Å². The Hall–Kier alpha value is -5.11. The number of nitrogens with one attached hydrogen (secondary N) is 2. The van der Waals surface area contributed by atoms with Crippen LogP contribution >= 0.6 is 0 Å². The summed E-state index contributed by atoms with van der Waals surface area (Å²) < 4.78 is 10.7. The highest BCUT2D eigenvalue weighted by Crippen LogP contribution is 2.33. The number of hydrogen-bond acceptors (Lipinski definition) is 6. The van der Waals surface area contributed by atoms with Crippen molar-refractivity contribution in [3.8, 4) is 17.2 Å². The lowest BCUT2D eigenvalue weighted by atomic mass is 10.0. The average Bonchev–Trinajstić information content (AvgIpc) is 3.38. The third kappa shape index (κ3) is 4.88. The van der Waals surface area contributed by atoms with Gasteiger partial charge >= 0.3 is 0 Å². The number of carbonyl (C=O) groups is 2. The zero-order valence-electron chi connectivity index (χ0n) is 19.0. The summed E-state index contributed by atoms with van der Waals surface area (Å²) in [6, 6.07) is 24.6. The van der Waals surface area contributed by atoms with E-state index in [1.807, 2.05) is 24.3 Å². The minimum Gasteiger partial charge on any atom is -0.507 e. The van der Waals surface area contributed by atoms with Gasteiger partial charge in [0.05, 0.1) is 6.21 Å². The monoisotopic (exact) mass is 479 g/mol. The van der Waals surface area contributed by atoms with Crippen LogP contribution in [0.15, 0.2) is 95.7 Å². The van der Waals surface area contributed by atoms with Crippen LogP contribution in [0.5, 0.6) is 17.2 Å². The van der Waals surface area contributed by atoms with E-state index in [2.05, 4.69) is 15.8 Å². The molecule has 36 heavy (non-hydrogen) atoms. The van der Waals surface area contributed by atoms with Gasteiger partial charge in [-0.3, -0.25) is 9.59 Å². The predicted molar refractivity (Wildman–Crippen MR) is 136 cm³/mol. The number of nitrogens with zero attached hydrogens (tertiary/aromatic N) is 1. The molecule has 178 valence electrons. The van der Waals surface area contributed by atoms with Gasteiger partial charge < -0.3 is 19.9 Å². The van der Waals surface area contributed by atoms with Crippen LogP contribution in [0.1, 0.15) is 21.5 Å². The molecule has 2 amide bonds. The van der Waals surface area contributed by atoms with Gasteiger partial charge in [-0.1, -0.05) is 54.6 Å². The zero-order chi connectivity index (χ0) is 24.9. The van der Waals surface area contributed by atoms with Crippen molar-refractivity contribution in [2.45, 2.75) is 0 Å². The lowest BCUT2D eigenvalue weighted by Crippen LogP contribution is -2.32. The molecule has 1 heterocycles. The number of ether oxygens (including phenoxy) is 2. The zero-order valence-corrected chi connectivity index (χ0v) is 19.0. The van der Waals surface area contributed by atoms with E-state index in [-0.39, 0.29) is 18.2 Å². The Balaban J connectivity index is 1.41. The smallest absolute Gasteiger partial charge is 0.287 e. The van der Waals surface area contributed by atoms with E-state index in [1.165, 1.54) is 12.3 Å².